The van der Waals surface area contributed by atoms with Gasteiger partial charge in [-0.05, 0) is 44.8 Å². The minimum atomic E-state index is -5.38. The number of aromatic nitrogens is 12. The maximum atomic E-state index is 13.7. The van der Waals surface area contributed by atoms with Crippen LogP contribution < -0.4 is 67.5 Å². The van der Waals surface area contributed by atoms with Gasteiger partial charge in [-0.15, -0.1) is 124 Å². The second kappa shape index (κ2) is 50.0. The molecule has 0 amide bonds. The molecule has 12 rings (SSSR count). The molecule has 0 spiro atoms. The van der Waals surface area contributed by atoms with Crippen LogP contribution in [0.4, 0.5) is 92.2 Å². The molecule has 6 heterocycles. The van der Waals surface area contributed by atoms with Crippen LogP contribution in [0, 0.1) is 81.5 Å². The van der Waals surface area contributed by atoms with Gasteiger partial charge in [0, 0.05) is 203 Å². The van der Waals surface area contributed by atoms with Crippen LogP contribution in [-0.2, 0) is 139 Å². The molecule has 0 unspecified atom stereocenters. The van der Waals surface area contributed by atoms with E-state index in [1.54, 1.807) is 0 Å². The van der Waals surface area contributed by atoms with E-state index >= 15 is 0 Å². The number of nitrogens with zero attached hydrogens (tertiary/aromatic N) is 12. The SMILES string of the molecule is Cc1cc(=O)n(-c2c[c-]c(Cl)cc2)c(=O)n1C(F)F.Cc1cc(=O)n(-c2c[c-]c(Cl)cc2)c(=O)n1C(F)F.Cc1cc(=O)n(-c2c[c-]c(Cl)cc2F)c(=O)n1C(F)F.Cc1cc(=O)n(-c2c[c-]c(Cl)cc2F)c(=O)n1C(F)F.O=c1cc(C(F)(F)F)n(C(F)F)c(=O)n1-c1c[c-]c(Cl)cc1.O=c1cc(C(F)(F)F)n(C(F)F)c(=O)n1-c1c[c-]c(Cl)cc1F.[W].[W].[W].[W].[W].[W]. The Labute approximate surface area is 819 Å². The van der Waals surface area contributed by atoms with Gasteiger partial charge in [0.05, 0.1) is 0 Å². The van der Waals surface area contributed by atoms with Gasteiger partial charge in [-0.3, -0.25) is 56.2 Å². The van der Waals surface area contributed by atoms with Crippen LogP contribution in [0.2, 0.25) is 30.1 Å². The number of benzene rings is 6. The summed E-state index contributed by atoms with van der Waals surface area (Å²) in [6.07, 6.45) is -10.7. The average Bonchev–Trinajstić information content (AvgIpc) is 0.768. The quantitative estimate of drug-likeness (QED) is 0.0816. The minimum Gasteiger partial charge on any atom is -0.284 e. The Morgan fingerprint density at radius 2 is 0.434 bits per heavy atom. The van der Waals surface area contributed by atoms with Crippen molar-refractivity contribution < 1.29 is 219 Å². The van der Waals surface area contributed by atoms with E-state index in [9.17, 15) is 150 Å². The fourth-order valence-electron chi connectivity index (χ4n) is 10.3. The minimum absolute atomic E-state index is 0. The summed E-state index contributed by atoms with van der Waals surface area (Å²) in [4.78, 5) is 142. The second-order valence-corrected chi connectivity index (χ2v) is 26.0. The van der Waals surface area contributed by atoms with E-state index in [2.05, 4.69) is 36.4 Å². The Balaban J connectivity index is 0.000000768. The number of hydrogen-bond acceptors (Lipinski definition) is 12. The first-order valence-electron chi connectivity index (χ1n) is 32.3. The third-order valence-corrected chi connectivity index (χ3v) is 17.0. The number of alkyl halides is 18. The van der Waals surface area contributed by atoms with Crippen LogP contribution in [0.5, 0.6) is 0 Å². The molecular weight excluding hydrogens is 2940 g/mol. The van der Waals surface area contributed by atoms with Crippen LogP contribution >= 0.6 is 69.6 Å². The van der Waals surface area contributed by atoms with Crippen molar-refractivity contribution in [3.05, 3.63) is 371 Å². The molecule has 129 heavy (non-hydrogen) atoms. The van der Waals surface area contributed by atoms with Crippen molar-refractivity contribution >= 4 is 69.6 Å². The van der Waals surface area contributed by atoms with Gasteiger partial charge in [0.2, 0.25) is 33.4 Å². The average molecular weight is 2980 g/mol. The molecule has 0 aliphatic heterocycles. The Morgan fingerprint density at radius 3 is 0.628 bits per heavy atom. The van der Waals surface area contributed by atoms with E-state index in [1.807, 2.05) is 0 Å². The molecule has 0 bridgehead atoms. The van der Waals surface area contributed by atoms with Gasteiger partial charge in [0.15, 0.2) is 0 Å². The van der Waals surface area contributed by atoms with E-state index in [0.717, 1.165) is 60.7 Å². The molecule has 0 radical (unpaired) electrons. The number of aryl methyl sites for hydroxylation is 4. The molecule has 0 saturated heterocycles. The van der Waals surface area contributed by atoms with Crippen molar-refractivity contribution in [3.8, 4) is 34.1 Å². The zero-order chi connectivity index (χ0) is 92.5. The summed E-state index contributed by atoms with van der Waals surface area (Å²) >= 11 is 33.3. The second-order valence-electron chi connectivity index (χ2n) is 23.5. The monoisotopic (exact) mass is 2980 g/mol. The zero-order valence-electron chi connectivity index (χ0n) is 63.0. The molecule has 24 nitrogen and oxygen atoms in total. The molecule has 0 N–H and O–H groups in total. The zero-order valence-corrected chi connectivity index (χ0v) is 85.1. The van der Waals surface area contributed by atoms with Gasteiger partial charge < -0.3 is 0 Å². The standard InChI is InChI=1S/C12H4ClF6N2O2.C12H5ClF5N2O2.2C12H7ClF3N2O2.2C12H8ClF2N2O2.6W/c13-5-1-2-7(6(14)3-5)20-9(22)4-8(12(17,18)19)21(10(15)16)11(20)23;13-6-1-3-7(4-2-6)19-9(21)5-8(12(16,17)18)20(10(14)15)11(19)22;2*1-6-4-10(19)18(12(20)17(6)11(15)16)9-3-2-7(13)5-8(9)14;2*1-7-6-10(18)17(12(19)16(7)11(14)15)9-4-2-8(13)3-5-9;;;;;;/h2-4,10H;1,3-5,10H;2*3-5,11H,1H3;2*2,4-6,11H,1H3;;;;;;/q6*-1;;;;;;. The topological polar surface area (TPSA) is 264 Å². The molecule has 57 heteroatoms. The van der Waals surface area contributed by atoms with Crippen LogP contribution in [-0.4, -0.2) is 54.8 Å². The molecule has 0 aliphatic rings. The van der Waals surface area contributed by atoms with E-state index in [-0.39, 0.29) is 236 Å². The van der Waals surface area contributed by atoms with Crippen LogP contribution in [0.3, 0.4) is 0 Å². The number of rotatable bonds is 12. The largest absolute Gasteiger partial charge is 0.431 e. The van der Waals surface area contributed by atoms with Crippen LogP contribution in [0.1, 0.15) is 73.5 Å². The normalized spacial score (nSPS) is 10.9. The Hall–Kier alpha value is -8.20. The predicted octanol–water partition coefficient (Wildman–Crippen LogP) is 14.8. The summed E-state index contributed by atoms with van der Waals surface area (Å²) in [5.74, 6) is -3.25. The smallest absolute Gasteiger partial charge is 0.284 e. The third kappa shape index (κ3) is 28.7. The van der Waals surface area contributed by atoms with Gasteiger partial charge in [-0.1, -0.05) is 47.2 Å². The number of halogens is 27. The third-order valence-electron chi connectivity index (χ3n) is 15.7. The molecular formula is C72H39Cl6F21N12O12W6-6. The van der Waals surface area contributed by atoms with Gasteiger partial charge in [0.1, 0.15) is 11.4 Å². The summed E-state index contributed by atoms with van der Waals surface area (Å²) in [6, 6.07) is 34.2. The molecule has 690 valence electrons. The first-order chi connectivity index (χ1) is 57.1. The molecule has 0 saturated carbocycles. The first-order valence-corrected chi connectivity index (χ1v) is 34.6. The Kier molecular flexibility index (Phi) is 46.1. The fraction of sp³-hybridized carbons (Fsp3) is 0.167. The summed E-state index contributed by atoms with van der Waals surface area (Å²) in [5, 5.41) is 0.302. The molecule has 6 aromatic carbocycles. The van der Waals surface area contributed by atoms with Gasteiger partial charge in [-0.25, -0.2) is 69.3 Å². The molecule has 0 atom stereocenters. The van der Waals surface area contributed by atoms with E-state index in [1.165, 1.54) is 70.2 Å². The summed E-state index contributed by atoms with van der Waals surface area (Å²) < 4.78 is 272. The molecule has 6 aromatic heterocycles. The molecule has 0 fully saturated rings. The summed E-state index contributed by atoms with van der Waals surface area (Å²) in [7, 11) is 0. The van der Waals surface area contributed by atoms with E-state index in [4.69, 9.17) is 69.6 Å². The van der Waals surface area contributed by atoms with Crippen molar-refractivity contribution in [2.45, 2.75) is 79.3 Å². The predicted molar refractivity (Wildman–Crippen MR) is 397 cm³/mol. The van der Waals surface area contributed by atoms with Crippen molar-refractivity contribution in [1.29, 1.82) is 0 Å². The van der Waals surface area contributed by atoms with E-state index < -0.39 is 174 Å². The van der Waals surface area contributed by atoms with Crippen LogP contribution in [0.25, 0.3) is 34.1 Å². The summed E-state index contributed by atoms with van der Waals surface area (Å²) in [6.45, 7) is -15.1. The Morgan fingerprint density at radius 1 is 0.256 bits per heavy atom. The maximum Gasteiger partial charge on any atom is 0.431 e. The van der Waals surface area contributed by atoms with Crippen molar-refractivity contribution in [1.82, 2.24) is 54.8 Å². The molecule has 0 aliphatic carbocycles. The Bertz CT molecular complexity index is 6540. The van der Waals surface area contributed by atoms with Crippen molar-refractivity contribution in [3.63, 3.8) is 0 Å². The van der Waals surface area contributed by atoms with Crippen molar-refractivity contribution in [2.24, 2.45) is 0 Å². The van der Waals surface area contributed by atoms with Gasteiger partial charge in [0.25, 0.3) is 0 Å². The van der Waals surface area contributed by atoms with E-state index in [0.29, 0.717) is 30.4 Å². The maximum absolute atomic E-state index is 13.7. The van der Waals surface area contributed by atoms with Gasteiger partial charge >= 0.3 is 85.8 Å². The molecule has 12 aromatic rings. The summed E-state index contributed by atoms with van der Waals surface area (Å²) in [5.41, 5.74) is -21.6. The van der Waals surface area contributed by atoms with Crippen LogP contribution in [0.15, 0.2) is 185 Å². The first kappa shape index (κ1) is 119. The van der Waals surface area contributed by atoms with Crippen molar-refractivity contribution in [2.75, 3.05) is 0 Å². The number of hydrogen-bond donors (Lipinski definition) is 0. The van der Waals surface area contributed by atoms with Gasteiger partial charge in [-0.2, -0.15) is 152 Å². The fourth-order valence-corrected chi connectivity index (χ4v) is 11.1.